The molecule has 170 valence electrons. The molecule has 3 heterocycles. The molecule has 3 fully saturated rings. The van der Waals surface area contributed by atoms with Crippen molar-refractivity contribution in [2.75, 3.05) is 43.1 Å². The summed E-state index contributed by atoms with van der Waals surface area (Å²) in [5, 5.41) is 6.77. The SMILES string of the molecule is O=C(CCCN1C(=O)NC2(CCCC2)C1=O)Nc1ccc2nc(N3CCOCC3)sc2c1. The van der Waals surface area contributed by atoms with Crippen molar-refractivity contribution in [3.8, 4) is 0 Å². The quantitative estimate of drug-likeness (QED) is 0.647. The number of nitrogens with zero attached hydrogens (tertiary/aromatic N) is 3. The second-order valence-electron chi connectivity index (χ2n) is 8.61. The molecule has 1 spiro atoms. The smallest absolute Gasteiger partial charge is 0.325 e. The fraction of sp³-hybridized carbons (Fsp3) is 0.545. The third-order valence-corrected chi connectivity index (χ3v) is 7.51. The van der Waals surface area contributed by atoms with E-state index in [1.54, 1.807) is 11.3 Å². The number of imide groups is 1. The number of morpholine rings is 1. The van der Waals surface area contributed by atoms with E-state index in [1.807, 2.05) is 18.2 Å². The number of anilines is 2. The van der Waals surface area contributed by atoms with Gasteiger partial charge in [-0.05, 0) is 37.5 Å². The number of rotatable bonds is 6. The number of aromatic nitrogens is 1. The molecule has 1 saturated carbocycles. The van der Waals surface area contributed by atoms with Crippen LogP contribution in [0.15, 0.2) is 18.2 Å². The van der Waals surface area contributed by atoms with Gasteiger partial charge in [0.05, 0.1) is 23.4 Å². The van der Waals surface area contributed by atoms with Gasteiger partial charge in [-0.15, -0.1) is 0 Å². The Labute approximate surface area is 190 Å². The Bertz CT molecular complexity index is 1040. The highest BCUT2D eigenvalue weighted by Gasteiger charge is 2.52. The number of fused-ring (bicyclic) bond motifs is 1. The van der Waals surface area contributed by atoms with Gasteiger partial charge in [-0.25, -0.2) is 9.78 Å². The van der Waals surface area contributed by atoms with Crippen LogP contribution in [0.4, 0.5) is 15.6 Å². The molecular weight excluding hydrogens is 430 g/mol. The average molecular weight is 458 g/mol. The fourth-order valence-corrected chi connectivity index (χ4v) is 5.75. The Morgan fingerprint density at radius 1 is 1.22 bits per heavy atom. The minimum absolute atomic E-state index is 0.132. The van der Waals surface area contributed by atoms with Gasteiger partial charge < -0.3 is 20.3 Å². The first-order valence-corrected chi connectivity index (χ1v) is 12.0. The van der Waals surface area contributed by atoms with Gasteiger partial charge in [0.25, 0.3) is 5.91 Å². The predicted octanol–water partition coefficient (Wildman–Crippen LogP) is 2.72. The molecule has 10 heteroatoms. The van der Waals surface area contributed by atoms with Gasteiger partial charge in [0, 0.05) is 31.7 Å². The zero-order valence-electron chi connectivity index (χ0n) is 17.9. The van der Waals surface area contributed by atoms with Crippen molar-refractivity contribution in [2.45, 2.75) is 44.1 Å². The maximum Gasteiger partial charge on any atom is 0.325 e. The Hall–Kier alpha value is -2.72. The van der Waals surface area contributed by atoms with Crippen LogP contribution in [0.25, 0.3) is 10.2 Å². The number of ether oxygens (including phenoxy) is 1. The lowest BCUT2D eigenvalue weighted by Crippen LogP contribution is -2.44. The molecule has 0 radical (unpaired) electrons. The third-order valence-electron chi connectivity index (χ3n) is 6.43. The van der Waals surface area contributed by atoms with E-state index in [2.05, 4.69) is 15.5 Å². The molecule has 5 rings (SSSR count). The number of nitrogens with one attached hydrogen (secondary N) is 2. The summed E-state index contributed by atoms with van der Waals surface area (Å²) in [6.45, 7) is 3.35. The second kappa shape index (κ2) is 8.67. The van der Waals surface area contributed by atoms with E-state index in [4.69, 9.17) is 9.72 Å². The highest BCUT2D eigenvalue weighted by atomic mass is 32.1. The lowest BCUT2D eigenvalue weighted by Gasteiger charge is -2.25. The normalized spacial score (nSPS) is 20.4. The predicted molar refractivity (Wildman–Crippen MR) is 122 cm³/mol. The van der Waals surface area contributed by atoms with Gasteiger partial charge in [0.1, 0.15) is 5.54 Å². The summed E-state index contributed by atoms with van der Waals surface area (Å²) in [4.78, 5) is 45.5. The lowest BCUT2D eigenvalue weighted by molar-refractivity contribution is -0.131. The van der Waals surface area contributed by atoms with Gasteiger partial charge in [0.2, 0.25) is 5.91 Å². The first-order valence-electron chi connectivity index (χ1n) is 11.2. The lowest BCUT2D eigenvalue weighted by atomic mass is 9.98. The number of amides is 4. The van der Waals surface area contributed by atoms with Crippen LogP contribution in [0, 0.1) is 0 Å². The molecule has 2 aromatic rings. The Morgan fingerprint density at radius 2 is 2.00 bits per heavy atom. The first kappa shape index (κ1) is 21.1. The van der Waals surface area contributed by atoms with Crippen LogP contribution in [-0.4, -0.2) is 66.1 Å². The van der Waals surface area contributed by atoms with E-state index >= 15 is 0 Å². The highest BCUT2D eigenvalue weighted by molar-refractivity contribution is 7.22. The number of thiazole rings is 1. The van der Waals surface area contributed by atoms with Crippen molar-refractivity contribution in [3.05, 3.63) is 18.2 Å². The summed E-state index contributed by atoms with van der Waals surface area (Å²) in [6, 6.07) is 5.38. The number of urea groups is 1. The van der Waals surface area contributed by atoms with E-state index in [0.717, 1.165) is 47.0 Å². The van der Waals surface area contributed by atoms with Gasteiger partial charge in [-0.1, -0.05) is 24.2 Å². The minimum atomic E-state index is -0.691. The first-order chi connectivity index (χ1) is 15.5. The number of hydrogen-bond donors (Lipinski definition) is 2. The number of carbonyl (C=O) groups is 3. The molecule has 0 unspecified atom stereocenters. The summed E-state index contributed by atoms with van der Waals surface area (Å²) in [5.74, 6) is -0.267. The molecule has 1 aliphatic carbocycles. The Kier molecular flexibility index (Phi) is 5.73. The molecular formula is C22H27N5O4S. The van der Waals surface area contributed by atoms with Gasteiger partial charge in [-0.2, -0.15) is 0 Å². The van der Waals surface area contributed by atoms with Crippen molar-refractivity contribution < 1.29 is 19.1 Å². The second-order valence-corrected chi connectivity index (χ2v) is 9.62. The minimum Gasteiger partial charge on any atom is -0.378 e. The van der Waals surface area contributed by atoms with Crippen molar-refractivity contribution in [2.24, 2.45) is 0 Å². The van der Waals surface area contributed by atoms with Gasteiger partial charge in [0.15, 0.2) is 5.13 Å². The Balaban J connectivity index is 1.15. The van der Waals surface area contributed by atoms with Crippen molar-refractivity contribution in [1.29, 1.82) is 0 Å². The number of hydrogen-bond acceptors (Lipinski definition) is 7. The standard InChI is InChI=1S/C22H27N5O4S/c28-18(4-3-9-27-19(29)22(25-20(27)30)7-1-2-8-22)23-15-5-6-16-17(14-15)32-21(24-16)26-10-12-31-13-11-26/h5-6,14H,1-4,7-13H2,(H,23,28)(H,25,30). The zero-order chi connectivity index (χ0) is 22.1. The van der Waals surface area contributed by atoms with E-state index in [1.165, 1.54) is 4.90 Å². The van der Waals surface area contributed by atoms with Crippen molar-refractivity contribution in [3.63, 3.8) is 0 Å². The third kappa shape index (κ3) is 4.04. The summed E-state index contributed by atoms with van der Waals surface area (Å²) in [5.41, 5.74) is 0.942. The molecule has 3 aliphatic rings. The largest absolute Gasteiger partial charge is 0.378 e. The van der Waals surface area contributed by atoms with Crippen molar-refractivity contribution in [1.82, 2.24) is 15.2 Å². The van der Waals surface area contributed by atoms with E-state index in [0.29, 0.717) is 32.5 Å². The van der Waals surface area contributed by atoms with Crippen LogP contribution in [0.5, 0.6) is 0 Å². The summed E-state index contributed by atoms with van der Waals surface area (Å²) >= 11 is 1.61. The summed E-state index contributed by atoms with van der Waals surface area (Å²) in [7, 11) is 0. The van der Waals surface area contributed by atoms with E-state index in [9.17, 15) is 14.4 Å². The van der Waals surface area contributed by atoms with Gasteiger partial charge in [-0.3, -0.25) is 14.5 Å². The molecule has 0 bridgehead atoms. The maximum absolute atomic E-state index is 12.7. The number of benzene rings is 1. The molecule has 2 N–H and O–H groups in total. The molecule has 32 heavy (non-hydrogen) atoms. The molecule has 1 aromatic carbocycles. The molecule has 9 nitrogen and oxygen atoms in total. The van der Waals surface area contributed by atoms with Crippen LogP contribution < -0.4 is 15.5 Å². The average Bonchev–Trinajstić information content (AvgIpc) is 3.49. The summed E-state index contributed by atoms with van der Waals surface area (Å²) in [6.07, 6.45) is 4.01. The van der Waals surface area contributed by atoms with Crippen LogP contribution in [0.3, 0.4) is 0 Å². The van der Waals surface area contributed by atoms with Crippen LogP contribution >= 0.6 is 11.3 Å². The van der Waals surface area contributed by atoms with Crippen LogP contribution in [0.2, 0.25) is 0 Å². The fourth-order valence-electron chi connectivity index (χ4n) is 4.70. The van der Waals surface area contributed by atoms with Gasteiger partial charge >= 0.3 is 6.03 Å². The van der Waals surface area contributed by atoms with E-state index in [-0.39, 0.29) is 30.8 Å². The Morgan fingerprint density at radius 3 is 2.78 bits per heavy atom. The topological polar surface area (TPSA) is 104 Å². The number of carbonyl (C=O) groups excluding carboxylic acids is 3. The monoisotopic (exact) mass is 457 g/mol. The van der Waals surface area contributed by atoms with Crippen LogP contribution in [-0.2, 0) is 14.3 Å². The molecule has 4 amide bonds. The summed E-state index contributed by atoms with van der Waals surface area (Å²) < 4.78 is 6.42. The molecule has 1 aromatic heterocycles. The highest BCUT2D eigenvalue weighted by Crippen LogP contribution is 2.35. The van der Waals surface area contributed by atoms with E-state index < -0.39 is 5.54 Å². The van der Waals surface area contributed by atoms with Crippen LogP contribution in [0.1, 0.15) is 38.5 Å². The molecule has 0 atom stereocenters. The van der Waals surface area contributed by atoms with Crippen molar-refractivity contribution >= 4 is 50.2 Å². The zero-order valence-corrected chi connectivity index (χ0v) is 18.7. The molecule has 2 saturated heterocycles. The molecule has 2 aliphatic heterocycles. The maximum atomic E-state index is 12.7.